The maximum Gasteiger partial charge on any atom is 0.318 e. The normalized spacial score (nSPS) is 29.7. The SMILES string of the molecule is COc1nc2c(c(N3CC4CCC(C3)N4)n1)CCN(C1CC(OC)c3ccccc31)C2. The van der Waals surface area contributed by atoms with Crippen LogP contribution in [0.25, 0.3) is 0 Å². The highest BCUT2D eigenvalue weighted by molar-refractivity contribution is 5.52. The molecule has 1 aliphatic carbocycles. The lowest BCUT2D eigenvalue weighted by Gasteiger charge is -2.38. The van der Waals surface area contributed by atoms with Crippen molar-refractivity contribution in [2.24, 2.45) is 0 Å². The zero-order chi connectivity index (χ0) is 20.9. The topological polar surface area (TPSA) is 62.8 Å². The van der Waals surface area contributed by atoms with Gasteiger partial charge >= 0.3 is 6.01 Å². The number of benzene rings is 1. The Morgan fingerprint density at radius 3 is 2.55 bits per heavy atom. The summed E-state index contributed by atoms with van der Waals surface area (Å²) in [5.74, 6) is 1.10. The summed E-state index contributed by atoms with van der Waals surface area (Å²) in [4.78, 5) is 14.7. The molecular formula is C24H31N5O2. The Morgan fingerprint density at radius 2 is 1.81 bits per heavy atom. The van der Waals surface area contributed by atoms with Gasteiger partial charge in [0.2, 0.25) is 0 Å². The molecule has 1 aromatic carbocycles. The first kappa shape index (κ1) is 19.5. The van der Waals surface area contributed by atoms with Crippen LogP contribution in [0.15, 0.2) is 24.3 Å². The van der Waals surface area contributed by atoms with E-state index in [1.165, 1.54) is 29.5 Å². The molecule has 2 fully saturated rings. The molecule has 7 nitrogen and oxygen atoms in total. The van der Waals surface area contributed by atoms with E-state index in [1.807, 2.05) is 7.11 Å². The Morgan fingerprint density at radius 1 is 1.03 bits per heavy atom. The van der Waals surface area contributed by atoms with Crippen molar-refractivity contribution in [2.75, 3.05) is 38.8 Å². The van der Waals surface area contributed by atoms with Crippen LogP contribution in [0.4, 0.5) is 5.82 Å². The molecule has 2 saturated heterocycles. The lowest BCUT2D eigenvalue weighted by atomic mass is 10.00. The van der Waals surface area contributed by atoms with Gasteiger partial charge in [-0.2, -0.15) is 9.97 Å². The minimum atomic E-state index is 0.175. The van der Waals surface area contributed by atoms with Crippen molar-refractivity contribution in [3.63, 3.8) is 0 Å². The molecule has 164 valence electrons. The van der Waals surface area contributed by atoms with Gasteiger partial charge < -0.3 is 19.7 Å². The number of ether oxygens (including phenoxy) is 2. The molecular weight excluding hydrogens is 390 g/mol. The van der Waals surface area contributed by atoms with Crippen LogP contribution >= 0.6 is 0 Å². The van der Waals surface area contributed by atoms with Crippen molar-refractivity contribution in [1.29, 1.82) is 0 Å². The van der Waals surface area contributed by atoms with Gasteiger partial charge in [-0.05, 0) is 36.8 Å². The number of nitrogens with one attached hydrogen (secondary N) is 1. The van der Waals surface area contributed by atoms with Crippen molar-refractivity contribution in [2.45, 2.75) is 56.5 Å². The largest absolute Gasteiger partial charge is 0.467 e. The summed E-state index contributed by atoms with van der Waals surface area (Å²) in [5, 5.41) is 3.73. The number of piperazine rings is 1. The first-order valence-corrected chi connectivity index (χ1v) is 11.5. The highest BCUT2D eigenvalue weighted by Gasteiger charge is 2.38. The van der Waals surface area contributed by atoms with E-state index in [9.17, 15) is 0 Å². The monoisotopic (exact) mass is 421 g/mol. The third-order valence-electron chi connectivity index (χ3n) is 7.62. The molecule has 2 aromatic rings. The molecule has 4 heterocycles. The van der Waals surface area contributed by atoms with Crippen LogP contribution in [-0.4, -0.2) is 60.8 Å². The zero-order valence-electron chi connectivity index (χ0n) is 18.4. The summed E-state index contributed by atoms with van der Waals surface area (Å²) in [5.41, 5.74) is 5.17. The lowest BCUT2D eigenvalue weighted by Crippen LogP contribution is -2.52. The van der Waals surface area contributed by atoms with E-state index in [1.54, 1.807) is 7.11 Å². The molecule has 4 atom stereocenters. The van der Waals surface area contributed by atoms with E-state index in [0.717, 1.165) is 50.5 Å². The maximum atomic E-state index is 5.80. The molecule has 1 N–H and O–H groups in total. The molecule has 31 heavy (non-hydrogen) atoms. The number of anilines is 1. The number of methoxy groups -OCH3 is 2. The standard InChI is InChI=1S/C24H31N5O2/c1-30-22-11-21(17-5-3-4-6-18(17)22)28-10-9-19-20(14-28)26-24(31-2)27-23(19)29-12-15-7-8-16(13-29)25-15/h3-6,15-16,21-22,25H,7-14H2,1-2H3. The van der Waals surface area contributed by atoms with Gasteiger partial charge in [-0.25, -0.2) is 0 Å². The van der Waals surface area contributed by atoms with Crippen LogP contribution < -0.4 is 15.0 Å². The van der Waals surface area contributed by atoms with Crippen molar-refractivity contribution in [1.82, 2.24) is 20.2 Å². The molecule has 4 aliphatic rings. The van der Waals surface area contributed by atoms with Gasteiger partial charge in [-0.15, -0.1) is 0 Å². The van der Waals surface area contributed by atoms with Crippen LogP contribution in [0.3, 0.4) is 0 Å². The number of hydrogen-bond donors (Lipinski definition) is 1. The van der Waals surface area contributed by atoms with Gasteiger partial charge in [0.25, 0.3) is 0 Å². The van der Waals surface area contributed by atoms with E-state index in [-0.39, 0.29) is 6.10 Å². The van der Waals surface area contributed by atoms with Gasteiger partial charge in [0, 0.05) is 57.0 Å². The van der Waals surface area contributed by atoms with E-state index < -0.39 is 0 Å². The van der Waals surface area contributed by atoms with Crippen LogP contribution in [-0.2, 0) is 17.7 Å². The van der Waals surface area contributed by atoms with Gasteiger partial charge in [-0.1, -0.05) is 24.3 Å². The second-order valence-corrected chi connectivity index (χ2v) is 9.33. The predicted octanol–water partition coefficient (Wildman–Crippen LogP) is 2.62. The third kappa shape index (κ3) is 3.30. The predicted molar refractivity (Wildman–Crippen MR) is 118 cm³/mol. The smallest absolute Gasteiger partial charge is 0.318 e. The number of fused-ring (bicyclic) bond motifs is 4. The Labute approximate surface area is 183 Å². The molecule has 4 unspecified atom stereocenters. The first-order valence-electron chi connectivity index (χ1n) is 11.5. The summed E-state index contributed by atoms with van der Waals surface area (Å²) < 4.78 is 11.3. The van der Waals surface area contributed by atoms with E-state index >= 15 is 0 Å². The van der Waals surface area contributed by atoms with E-state index in [2.05, 4.69) is 39.4 Å². The second kappa shape index (κ2) is 7.73. The zero-order valence-corrected chi connectivity index (χ0v) is 18.4. The Kier molecular flexibility index (Phi) is 4.85. The number of aromatic nitrogens is 2. The van der Waals surface area contributed by atoms with Gasteiger partial charge in [-0.3, -0.25) is 4.90 Å². The summed E-state index contributed by atoms with van der Waals surface area (Å²) in [7, 11) is 3.49. The van der Waals surface area contributed by atoms with Crippen molar-refractivity contribution >= 4 is 5.82 Å². The molecule has 0 radical (unpaired) electrons. The molecule has 3 aliphatic heterocycles. The fourth-order valence-corrected chi connectivity index (χ4v) is 6.13. The minimum absolute atomic E-state index is 0.175. The quantitative estimate of drug-likeness (QED) is 0.814. The van der Waals surface area contributed by atoms with Crippen LogP contribution in [0.2, 0.25) is 0 Å². The van der Waals surface area contributed by atoms with Crippen LogP contribution in [0.1, 0.15) is 53.8 Å². The molecule has 6 rings (SSSR count). The maximum absolute atomic E-state index is 5.80. The first-order chi connectivity index (χ1) is 15.2. The highest BCUT2D eigenvalue weighted by atomic mass is 16.5. The average molecular weight is 422 g/mol. The molecule has 0 saturated carbocycles. The summed E-state index contributed by atoms with van der Waals surface area (Å²) in [6.07, 6.45) is 4.68. The molecule has 2 bridgehead atoms. The number of rotatable bonds is 4. The fraction of sp³-hybridized carbons (Fsp3) is 0.583. The number of nitrogens with zero attached hydrogens (tertiary/aromatic N) is 4. The molecule has 1 aromatic heterocycles. The second-order valence-electron chi connectivity index (χ2n) is 9.33. The minimum Gasteiger partial charge on any atom is -0.467 e. The van der Waals surface area contributed by atoms with Gasteiger partial charge in [0.05, 0.1) is 18.9 Å². The van der Waals surface area contributed by atoms with Crippen LogP contribution in [0.5, 0.6) is 6.01 Å². The summed E-state index contributed by atoms with van der Waals surface area (Å²) in [6, 6.07) is 10.7. The third-order valence-corrected chi connectivity index (χ3v) is 7.62. The Bertz CT molecular complexity index is 970. The average Bonchev–Trinajstić information content (AvgIpc) is 3.36. The van der Waals surface area contributed by atoms with Gasteiger partial charge in [0.15, 0.2) is 0 Å². The number of hydrogen-bond acceptors (Lipinski definition) is 7. The molecule has 0 amide bonds. The van der Waals surface area contributed by atoms with Crippen LogP contribution in [0, 0.1) is 0 Å². The Hall–Kier alpha value is -2.22. The fourth-order valence-electron chi connectivity index (χ4n) is 6.13. The summed E-state index contributed by atoms with van der Waals surface area (Å²) >= 11 is 0. The highest BCUT2D eigenvalue weighted by Crippen LogP contribution is 2.45. The van der Waals surface area contributed by atoms with E-state index in [0.29, 0.717) is 24.1 Å². The Balaban J connectivity index is 1.31. The molecule has 7 heteroatoms. The van der Waals surface area contributed by atoms with Crippen molar-refractivity contribution in [3.05, 3.63) is 46.6 Å². The summed E-state index contributed by atoms with van der Waals surface area (Å²) in [6.45, 7) is 3.90. The molecule has 0 spiro atoms. The lowest BCUT2D eigenvalue weighted by molar-refractivity contribution is 0.0732. The van der Waals surface area contributed by atoms with Gasteiger partial charge in [0.1, 0.15) is 5.82 Å². The van der Waals surface area contributed by atoms with Crippen molar-refractivity contribution < 1.29 is 9.47 Å². The van der Waals surface area contributed by atoms with E-state index in [4.69, 9.17) is 19.4 Å². The van der Waals surface area contributed by atoms with Crippen molar-refractivity contribution in [3.8, 4) is 6.01 Å².